The molecule has 0 atom stereocenters. The Morgan fingerprint density at radius 3 is 2.62 bits per heavy atom. The predicted octanol–water partition coefficient (Wildman–Crippen LogP) is 3.36. The average molecular weight is 254 g/mol. The average Bonchev–Trinajstić information content (AvgIpc) is 2.01. The zero-order valence-electron chi connectivity index (χ0n) is 6.82. The molecule has 1 aromatic heterocycles. The van der Waals surface area contributed by atoms with Crippen LogP contribution in [0.25, 0.3) is 0 Å². The number of hydrogen-bond donors (Lipinski definition) is 0. The highest BCUT2D eigenvalue weighted by Gasteiger charge is 2.17. The smallest absolute Gasteiger partial charge is 0.223 e. The number of hydrogen-bond acceptors (Lipinski definition) is 1. The van der Waals surface area contributed by atoms with Gasteiger partial charge in [-0.25, -0.2) is 13.8 Å². The van der Waals surface area contributed by atoms with Gasteiger partial charge in [0, 0.05) is 10.9 Å². The van der Waals surface area contributed by atoms with Crippen molar-refractivity contribution in [3.05, 3.63) is 28.8 Å². The normalized spacial score (nSPS) is 10.9. The zero-order chi connectivity index (χ0) is 10.0. The number of aromatic nitrogens is 1. The fourth-order valence-corrected chi connectivity index (χ4v) is 1.53. The minimum absolute atomic E-state index is 0.0625. The molecule has 13 heavy (non-hydrogen) atoms. The van der Waals surface area contributed by atoms with Crippen LogP contribution >= 0.6 is 15.9 Å². The molecule has 0 spiro atoms. The van der Waals surface area contributed by atoms with Crippen molar-refractivity contribution in [1.29, 1.82) is 0 Å². The lowest BCUT2D eigenvalue weighted by Gasteiger charge is -2.08. The molecule has 1 aromatic rings. The molecule has 0 aliphatic carbocycles. The molecular weight excluding hydrogens is 247 g/mol. The van der Waals surface area contributed by atoms with Gasteiger partial charge >= 0.3 is 0 Å². The van der Waals surface area contributed by atoms with Crippen LogP contribution in [0.3, 0.4) is 0 Å². The van der Waals surface area contributed by atoms with Crippen LogP contribution in [0.4, 0.5) is 13.2 Å². The summed E-state index contributed by atoms with van der Waals surface area (Å²) in [5.41, 5.74) is 0.114. The van der Waals surface area contributed by atoms with Crippen LogP contribution in [0.1, 0.15) is 23.2 Å². The third kappa shape index (κ3) is 2.21. The molecule has 0 aliphatic rings. The van der Waals surface area contributed by atoms with Gasteiger partial charge in [0.2, 0.25) is 5.95 Å². The highest BCUT2D eigenvalue weighted by atomic mass is 79.9. The Labute approximate surface area is 82.1 Å². The number of rotatable bonds is 2. The Hall–Kier alpha value is -0.580. The lowest BCUT2D eigenvalue weighted by atomic mass is 10.1. The molecule has 0 unspecified atom stereocenters. The van der Waals surface area contributed by atoms with Gasteiger partial charge in [0.05, 0.1) is 5.69 Å². The molecule has 1 nitrogen and oxygen atoms in total. The third-order valence-electron chi connectivity index (χ3n) is 1.66. The maximum Gasteiger partial charge on any atom is 0.265 e. The zero-order valence-corrected chi connectivity index (χ0v) is 8.41. The molecule has 1 rings (SSSR count). The lowest BCUT2D eigenvalue weighted by Crippen LogP contribution is -2.01. The van der Waals surface area contributed by atoms with Crippen molar-refractivity contribution in [1.82, 2.24) is 4.98 Å². The van der Waals surface area contributed by atoms with E-state index in [4.69, 9.17) is 0 Å². The highest BCUT2D eigenvalue weighted by Crippen LogP contribution is 2.26. The first-order valence-corrected chi connectivity index (χ1v) is 4.68. The summed E-state index contributed by atoms with van der Waals surface area (Å²) in [6.07, 6.45) is -2.61. The van der Waals surface area contributed by atoms with Crippen molar-refractivity contribution < 1.29 is 13.2 Å². The van der Waals surface area contributed by atoms with E-state index < -0.39 is 12.4 Å². The first-order chi connectivity index (χ1) is 6.06. The maximum absolute atomic E-state index is 12.7. The Morgan fingerprint density at radius 1 is 1.54 bits per heavy atom. The molecule has 0 bridgehead atoms. The molecule has 0 radical (unpaired) electrons. The summed E-state index contributed by atoms with van der Waals surface area (Å²) >= 11 is 2.98. The summed E-state index contributed by atoms with van der Waals surface area (Å²) in [5.74, 6) is -0.726. The maximum atomic E-state index is 12.7. The van der Waals surface area contributed by atoms with Gasteiger partial charge in [-0.05, 0) is 18.6 Å². The van der Waals surface area contributed by atoms with E-state index in [1.54, 1.807) is 0 Å². The summed E-state index contributed by atoms with van der Waals surface area (Å²) in [5, 5.41) is 0.130. The Morgan fingerprint density at radius 2 is 2.15 bits per heavy atom. The summed E-state index contributed by atoms with van der Waals surface area (Å²) in [6.45, 7) is 1.44. The van der Waals surface area contributed by atoms with Gasteiger partial charge in [0.1, 0.15) is 0 Å². The van der Waals surface area contributed by atoms with Crippen molar-refractivity contribution in [3.8, 4) is 0 Å². The van der Waals surface area contributed by atoms with Crippen molar-refractivity contribution >= 4 is 15.9 Å². The molecule has 0 saturated carbocycles. The quantitative estimate of drug-likeness (QED) is 0.582. The summed E-state index contributed by atoms with van der Waals surface area (Å²) in [6, 6.07) is 1.01. The van der Waals surface area contributed by atoms with Gasteiger partial charge in [-0.3, -0.25) is 0 Å². The summed E-state index contributed by atoms with van der Waals surface area (Å²) in [4.78, 5) is 3.38. The molecular formula is C8H7BrF3N. The summed E-state index contributed by atoms with van der Waals surface area (Å²) < 4.78 is 37.5. The largest absolute Gasteiger partial charge is 0.265 e. The monoisotopic (exact) mass is 253 g/mol. The highest BCUT2D eigenvalue weighted by molar-refractivity contribution is 9.08. The molecule has 0 fully saturated rings. The molecule has 5 heteroatoms. The van der Waals surface area contributed by atoms with Gasteiger partial charge in [-0.15, -0.1) is 0 Å². The van der Waals surface area contributed by atoms with Crippen LogP contribution in [0.5, 0.6) is 0 Å². The van der Waals surface area contributed by atoms with Crippen LogP contribution in [0, 0.1) is 12.9 Å². The molecule has 0 amide bonds. The SMILES string of the molecule is Cc1cc(F)nc(CBr)c1C(F)F. The fraction of sp³-hybridized carbons (Fsp3) is 0.375. The second-order valence-electron chi connectivity index (χ2n) is 2.56. The minimum atomic E-state index is -2.61. The van der Waals surface area contributed by atoms with Gasteiger partial charge in [0.15, 0.2) is 0 Å². The van der Waals surface area contributed by atoms with E-state index in [1.165, 1.54) is 6.92 Å². The van der Waals surface area contributed by atoms with Gasteiger partial charge in [-0.2, -0.15) is 4.39 Å². The van der Waals surface area contributed by atoms with Gasteiger partial charge < -0.3 is 0 Å². The van der Waals surface area contributed by atoms with Crippen LogP contribution in [-0.2, 0) is 5.33 Å². The second kappa shape index (κ2) is 4.09. The van der Waals surface area contributed by atoms with Gasteiger partial charge in [-0.1, -0.05) is 15.9 Å². The van der Waals surface area contributed by atoms with E-state index in [1.807, 2.05) is 0 Å². The molecule has 0 saturated heterocycles. The van der Waals surface area contributed by atoms with Gasteiger partial charge in [0.25, 0.3) is 6.43 Å². The number of alkyl halides is 3. The van der Waals surface area contributed by atoms with E-state index in [0.717, 1.165) is 6.07 Å². The predicted molar refractivity (Wildman–Crippen MR) is 46.5 cm³/mol. The van der Waals surface area contributed by atoms with E-state index in [-0.39, 0.29) is 22.2 Å². The van der Waals surface area contributed by atoms with Crippen molar-refractivity contribution in [2.45, 2.75) is 18.7 Å². The molecule has 0 N–H and O–H groups in total. The topological polar surface area (TPSA) is 12.9 Å². The third-order valence-corrected chi connectivity index (χ3v) is 2.19. The molecule has 0 aromatic carbocycles. The second-order valence-corrected chi connectivity index (χ2v) is 3.12. The fourth-order valence-electron chi connectivity index (χ4n) is 1.11. The van der Waals surface area contributed by atoms with Crippen molar-refractivity contribution in [2.75, 3.05) is 0 Å². The van der Waals surface area contributed by atoms with Crippen molar-refractivity contribution in [2.24, 2.45) is 0 Å². The van der Waals surface area contributed by atoms with Crippen LogP contribution < -0.4 is 0 Å². The van der Waals surface area contributed by atoms with Crippen molar-refractivity contribution in [3.63, 3.8) is 0 Å². The first-order valence-electron chi connectivity index (χ1n) is 3.56. The molecule has 0 aliphatic heterocycles. The van der Waals surface area contributed by atoms with Crippen LogP contribution in [0.2, 0.25) is 0 Å². The van der Waals surface area contributed by atoms with Crippen LogP contribution in [-0.4, -0.2) is 4.98 Å². The van der Waals surface area contributed by atoms with E-state index in [0.29, 0.717) is 0 Å². The Balaban J connectivity index is 3.30. The first kappa shape index (κ1) is 10.5. The minimum Gasteiger partial charge on any atom is -0.223 e. The van der Waals surface area contributed by atoms with E-state index in [9.17, 15) is 13.2 Å². The number of pyridine rings is 1. The van der Waals surface area contributed by atoms with E-state index >= 15 is 0 Å². The molecule has 72 valence electrons. The summed E-state index contributed by atoms with van der Waals surface area (Å²) in [7, 11) is 0. The number of nitrogens with zero attached hydrogens (tertiary/aromatic N) is 1. The number of aryl methyl sites for hydroxylation is 1. The lowest BCUT2D eigenvalue weighted by molar-refractivity contribution is 0.149. The standard InChI is InChI=1S/C8H7BrF3N/c1-4-2-6(10)13-5(3-9)7(4)8(11)12/h2,8H,3H2,1H3. The Kier molecular flexibility index (Phi) is 3.30. The van der Waals surface area contributed by atoms with E-state index in [2.05, 4.69) is 20.9 Å². The molecule has 1 heterocycles. The van der Waals surface area contributed by atoms with Crippen LogP contribution in [0.15, 0.2) is 6.07 Å². The Bertz CT molecular complexity index is 315. The number of halogens is 4.